The Kier molecular flexibility index (Phi) is 7.11. The third kappa shape index (κ3) is 4.78. The number of carbonyl (C=O) groups is 1. The largest absolute Gasteiger partial charge is 0.463 e. The van der Waals surface area contributed by atoms with Crippen molar-refractivity contribution in [2.45, 2.75) is 13.0 Å². The van der Waals surface area contributed by atoms with E-state index < -0.39 is 17.8 Å². The Bertz CT molecular complexity index is 1710. The maximum atomic E-state index is 13.8. The second kappa shape index (κ2) is 10.5. The molecule has 37 heavy (non-hydrogen) atoms. The summed E-state index contributed by atoms with van der Waals surface area (Å²) in [5.41, 5.74) is 2.02. The lowest BCUT2D eigenvalue weighted by atomic mass is 9.93. The average molecular weight is 553 g/mol. The molecule has 1 aromatic heterocycles. The fourth-order valence-electron chi connectivity index (χ4n) is 4.17. The summed E-state index contributed by atoms with van der Waals surface area (Å²) in [5, 5.41) is 0.686. The summed E-state index contributed by atoms with van der Waals surface area (Å²) in [6, 6.07) is 19.2. The van der Waals surface area contributed by atoms with E-state index in [0.717, 1.165) is 11.3 Å². The van der Waals surface area contributed by atoms with Crippen LogP contribution < -0.4 is 14.9 Å². The first-order valence-corrected chi connectivity index (χ1v) is 12.9. The molecule has 0 saturated carbocycles. The first kappa shape index (κ1) is 25.1. The van der Waals surface area contributed by atoms with Gasteiger partial charge < -0.3 is 4.74 Å². The summed E-state index contributed by atoms with van der Waals surface area (Å²) in [4.78, 5) is 32.3. The van der Waals surface area contributed by atoms with Crippen LogP contribution in [0.1, 0.15) is 29.7 Å². The van der Waals surface area contributed by atoms with Gasteiger partial charge in [0.15, 0.2) is 4.80 Å². The van der Waals surface area contributed by atoms with Crippen molar-refractivity contribution in [1.82, 2.24) is 4.57 Å². The van der Waals surface area contributed by atoms with E-state index in [1.165, 1.54) is 16.7 Å². The first-order valence-electron chi connectivity index (χ1n) is 11.4. The monoisotopic (exact) mass is 552 g/mol. The standard InChI is InChI=1S/C28H19Cl2FN2O3S/c1-2-36-27(35)22-24(16-7-4-3-5-8-16)32-28-33(25(22)17-11-13-19(31)14-12-17)26(34)21(37-28)15-18-9-6-10-20(29)23(18)30/h3-15,25H,2H2,1H3/b21-15-/t25-/m1/s1. The zero-order valence-corrected chi connectivity index (χ0v) is 21.8. The molecule has 0 unspecified atom stereocenters. The van der Waals surface area contributed by atoms with Crippen LogP contribution in [0.2, 0.25) is 10.0 Å². The molecule has 0 bridgehead atoms. The molecule has 0 aliphatic carbocycles. The summed E-state index contributed by atoms with van der Waals surface area (Å²) in [6.07, 6.45) is 1.65. The summed E-state index contributed by atoms with van der Waals surface area (Å²) < 4.78 is 21.1. The van der Waals surface area contributed by atoms with Crippen molar-refractivity contribution < 1.29 is 13.9 Å². The van der Waals surface area contributed by atoms with Crippen molar-refractivity contribution in [1.29, 1.82) is 0 Å². The van der Waals surface area contributed by atoms with Gasteiger partial charge >= 0.3 is 5.97 Å². The van der Waals surface area contributed by atoms with Gasteiger partial charge in [-0.05, 0) is 42.3 Å². The summed E-state index contributed by atoms with van der Waals surface area (Å²) >= 11 is 13.7. The molecular formula is C28H19Cl2FN2O3S. The van der Waals surface area contributed by atoms with Crippen molar-refractivity contribution in [3.63, 3.8) is 0 Å². The summed E-state index contributed by atoms with van der Waals surface area (Å²) in [6.45, 7) is 1.84. The number of nitrogens with zero attached hydrogens (tertiary/aromatic N) is 2. The molecule has 3 aromatic carbocycles. The molecule has 2 heterocycles. The zero-order chi connectivity index (χ0) is 26.1. The van der Waals surface area contributed by atoms with Crippen LogP contribution >= 0.6 is 34.5 Å². The molecule has 0 radical (unpaired) electrons. The van der Waals surface area contributed by atoms with Gasteiger partial charge in [-0.2, -0.15) is 0 Å². The maximum Gasteiger partial charge on any atom is 0.338 e. The van der Waals surface area contributed by atoms with E-state index in [4.69, 9.17) is 32.9 Å². The third-order valence-electron chi connectivity index (χ3n) is 5.83. The molecule has 0 spiro atoms. The van der Waals surface area contributed by atoms with Crippen LogP contribution in [0.4, 0.5) is 4.39 Å². The molecule has 1 aliphatic heterocycles. The van der Waals surface area contributed by atoms with Gasteiger partial charge in [0, 0.05) is 5.56 Å². The smallest absolute Gasteiger partial charge is 0.338 e. The van der Waals surface area contributed by atoms with Crippen molar-refractivity contribution in [2.24, 2.45) is 4.99 Å². The van der Waals surface area contributed by atoms with Gasteiger partial charge in [-0.3, -0.25) is 9.36 Å². The zero-order valence-electron chi connectivity index (χ0n) is 19.5. The van der Waals surface area contributed by atoms with Crippen LogP contribution in [0.5, 0.6) is 0 Å². The highest BCUT2D eigenvalue weighted by Crippen LogP contribution is 2.35. The number of benzene rings is 3. The Morgan fingerprint density at radius 3 is 2.51 bits per heavy atom. The number of hydrogen-bond donors (Lipinski definition) is 0. The predicted molar refractivity (Wildman–Crippen MR) is 144 cm³/mol. The van der Waals surface area contributed by atoms with E-state index in [9.17, 15) is 14.0 Å². The number of fused-ring (bicyclic) bond motifs is 1. The van der Waals surface area contributed by atoms with E-state index in [0.29, 0.717) is 41.8 Å². The number of rotatable bonds is 5. The van der Waals surface area contributed by atoms with Crippen LogP contribution in [-0.4, -0.2) is 17.1 Å². The minimum absolute atomic E-state index is 0.137. The highest BCUT2D eigenvalue weighted by molar-refractivity contribution is 7.07. The SMILES string of the molecule is CCOC(=O)C1=C(c2ccccc2)N=c2s/c(=C\c3cccc(Cl)c3Cl)c(=O)n2[C@@H]1c1ccc(F)cc1. The lowest BCUT2D eigenvalue weighted by Gasteiger charge is -2.25. The quantitative estimate of drug-likeness (QED) is 0.312. The normalized spacial score (nSPS) is 15.4. The van der Waals surface area contributed by atoms with E-state index in [1.807, 2.05) is 30.3 Å². The number of esters is 1. The molecule has 0 amide bonds. The number of aromatic nitrogens is 1. The third-order valence-corrected chi connectivity index (χ3v) is 7.64. The molecule has 9 heteroatoms. The Hall–Kier alpha value is -3.52. The van der Waals surface area contributed by atoms with Gasteiger partial charge in [-0.15, -0.1) is 0 Å². The van der Waals surface area contributed by atoms with Gasteiger partial charge in [0.1, 0.15) is 5.82 Å². The minimum atomic E-state index is -0.886. The molecule has 5 nitrogen and oxygen atoms in total. The van der Waals surface area contributed by atoms with Gasteiger partial charge in [-0.25, -0.2) is 14.2 Å². The van der Waals surface area contributed by atoms with Crippen LogP contribution in [0, 0.1) is 5.82 Å². The van der Waals surface area contributed by atoms with Crippen molar-refractivity contribution >= 4 is 52.3 Å². The second-order valence-corrected chi connectivity index (χ2v) is 9.92. The molecule has 4 aromatic rings. The lowest BCUT2D eigenvalue weighted by Crippen LogP contribution is -2.40. The van der Waals surface area contributed by atoms with E-state index >= 15 is 0 Å². The van der Waals surface area contributed by atoms with Crippen LogP contribution in [0.15, 0.2) is 88.2 Å². The molecule has 186 valence electrons. The maximum absolute atomic E-state index is 13.8. The molecular weight excluding hydrogens is 534 g/mol. The Balaban J connectivity index is 1.84. The first-order chi connectivity index (χ1) is 17.9. The number of ether oxygens (including phenoxy) is 1. The van der Waals surface area contributed by atoms with Gasteiger partial charge in [0.2, 0.25) is 0 Å². The molecule has 1 aliphatic rings. The van der Waals surface area contributed by atoms with Gasteiger partial charge in [-0.1, -0.05) is 89.1 Å². The lowest BCUT2D eigenvalue weighted by molar-refractivity contribution is -0.138. The molecule has 5 rings (SSSR count). The Labute approximate surface area is 225 Å². The van der Waals surface area contributed by atoms with Crippen molar-refractivity contribution in [3.8, 4) is 0 Å². The molecule has 0 saturated heterocycles. The van der Waals surface area contributed by atoms with Crippen molar-refractivity contribution in [2.75, 3.05) is 6.61 Å². The predicted octanol–water partition coefficient (Wildman–Crippen LogP) is 5.38. The Morgan fingerprint density at radius 2 is 1.81 bits per heavy atom. The van der Waals surface area contributed by atoms with Crippen LogP contribution in [0.25, 0.3) is 11.8 Å². The van der Waals surface area contributed by atoms with Crippen LogP contribution in [0.3, 0.4) is 0 Å². The highest BCUT2D eigenvalue weighted by Gasteiger charge is 2.35. The van der Waals surface area contributed by atoms with E-state index in [1.54, 1.807) is 43.3 Å². The minimum Gasteiger partial charge on any atom is -0.463 e. The van der Waals surface area contributed by atoms with E-state index in [2.05, 4.69) is 0 Å². The van der Waals surface area contributed by atoms with Crippen molar-refractivity contribution in [3.05, 3.63) is 131 Å². The van der Waals surface area contributed by atoms with Gasteiger partial charge in [0.25, 0.3) is 5.56 Å². The highest BCUT2D eigenvalue weighted by atomic mass is 35.5. The number of thiazole rings is 1. The fraction of sp³-hybridized carbons (Fsp3) is 0.107. The average Bonchev–Trinajstić information content (AvgIpc) is 3.21. The fourth-order valence-corrected chi connectivity index (χ4v) is 5.53. The van der Waals surface area contributed by atoms with Gasteiger partial charge in [0.05, 0.1) is 38.5 Å². The number of hydrogen-bond acceptors (Lipinski definition) is 5. The van der Waals surface area contributed by atoms with Crippen LogP contribution in [-0.2, 0) is 9.53 Å². The number of halogens is 3. The number of carbonyl (C=O) groups excluding carboxylic acids is 1. The molecule has 0 fully saturated rings. The molecule has 0 N–H and O–H groups in total. The summed E-state index contributed by atoms with van der Waals surface area (Å²) in [5.74, 6) is -1.04. The molecule has 1 atom stereocenters. The van der Waals surface area contributed by atoms with E-state index in [-0.39, 0.29) is 17.7 Å². The second-order valence-electron chi connectivity index (χ2n) is 8.13. The Morgan fingerprint density at radius 1 is 1.08 bits per heavy atom. The summed E-state index contributed by atoms with van der Waals surface area (Å²) in [7, 11) is 0. The topological polar surface area (TPSA) is 60.7 Å².